The van der Waals surface area contributed by atoms with Gasteiger partial charge in [-0.2, -0.15) is 0 Å². The highest BCUT2D eigenvalue weighted by molar-refractivity contribution is 7.98. The molecule has 0 aliphatic rings. The van der Waals surface area contributed by atoms with E-state index in [4.69, 9.17) is 4.74 Å². The van der Waals surface area contributed by atoms with Gasteiger partial charge >= 0.3 is 5.97 Å². The fraction of sp³-hybridized carbons (Fsp3) is 0.333. The molecule has 0 spiro atoms. The number of anilines is 1. The Labute approximate surface area is 146 Å². The van der Waals surface area contributed by atoms with Gasteiger partial charge in [0.25, 0.3) is 5.91 Å². The van der Waals surface area contributed by atoms with Crippen LogP contribution in [0.2, 0.25) is 0 Å². The Morgan fingerprint density at radius 2 is 1.92 bits per heavy atom. The molecule has 1 amide bonds. The van der Waals surface area contributed by atoms with Crippen LogP contribution >= 0.6 is 11.8 Å². The van der Waals surface area contributed by atoms with E-state index >= 15 is 0 Å². The monoisotopic (exact) mass is 346 g/mol. The molecule has 6 heteroatoms. The molecule has 0 saturated carbocycles. The van der Waals surface area contributed by atoms with Crippen LogP contribution in [0, 0.1) is 13.8 Å². The summed E-state index contributed by atoms with van der Waals surface area (Å²) in [5, 5.41) is 2.95. The molecule has 1 N–H and O–H groups in total. The predicted molar refractivity (Wildman–Crippen MR) is 97.0 cm³/mol. The van der Waals surface area contributed by atoms with E-state index in [1.165, 1.54) is 0 Å². The zero-order chi connectivity index (χ0) is 17.9. The summed E-state index contributed by atoms with van der Waals surface area (Å²) in [4.78, 5) is 25.9. The molecule has 1 aromatic heterocycles. The highest BCUT2D eigenvalue weighted by atomic mass is 32.2. The minimum absolute atomic E-state index is 0.224. The van der Waals surface area contributed by atoms with Crippen LogP contribution in [-0.4, -0.2) is 29.3 Å². The van der Waals surface area contributed by atoms with Crippen LogP contribution in [0.1, 0.15) is 39.0 Å². The Morgan fingerprint density at radius 3 is 2.54 bits per heavy atom. The van der Waals surface area contributed by atoms with E-state index in [0.29, 0.717) is 23.4 Å². The zero-order valence-corrected chi connectivity index (χ0v) is 15.4. The normalized spacial score (nSPS) is 10.5. The van der Waals surface area contributed by atoms with E-state index in [2.05, 4.69) is 5.32 Å². The van der Waals surface area contributed by atoms with Crippen molar-refractivity contribution in [2.75, 3.05) is 18.2 Å². The number of hydrogen-bond acceptors (Lipinski definition) is 4. The fourth-order valence-electron chi connectivity index (χ4n) is 2.73. The van der Waals surface area contributed by atoms with Gasteiger partial charge in [-0.15, -0.1) is 11.8 Å². The summed E-state index contributed by atoms with van der Waals surface area (Å²) < 4.78 is 6.81. The molecule has 2 rings (SSSR count). The van der Waals surface area contributed by atoms with Crippen molar-refractivity contribution in [1.29, 1.82) is 0 Å². The number of nitrogens with one attached hydrogen (secondary N) is 1. The number of aromatic nitrogens is 1. The van der Waals surface area contributed by atoms with Crippen LogP contribution in [0.15, 0.2) is 29.2 Å². The van der Waals surface area contributed by atoms with Crippen molar-refractivity contribution in [3.05, 3.63) is 46.8 Å². The van der Waals surface area contributed by atoms with Gasteiger partial charge in [-0.05, 0) is 44.7 Å². The largest absolute Gasteiger partial charge is 0.461 e. The number of nitrogens with zero attached hydrogens (tertiary/aromatic N) is 1. The van der Waals surface area contributed by atoms with Crippen molar-refractivity contribution in [1.82, 2.24) is 4.57 Å². The Kier molecular flexibility index (Phi) is 5.72. The second-order valence-corrected chi connectivity index (χ2v) is 6.22. The van der Waals surface area contributed by atoms with Crippen molar-refractivity contribution < 1.29 is 14.3 Å². The van der Waals surface area contributed by atoms with E-state index in [0.717, 1.165) is 16.3 Å². The van der Waals surface area contributed by atoms with Crippen molar-refractivity contribution in [2.45, 2.75) is 25.7 Å². The summed E-state index contributed by atoms with van der Waals surface area (Å²) in [7, 11) is 1.77. The first-order valence-electron chi connectivity index (χ1n) is 7.69. The van der Waals surface area contributed by atoms with E-state index in [1.54, 1.807) is 37.2 Å². The Balaban J connectivity index is 2.40. The maximum Gasteiger partial charge on any atom is 0.355 e. The van der Waals surface area contributed by atoms with Crippen LogP contribution in [0.4, 0.5) is 5.69 Å². The lowest BCUT2D eigenvalue weighted by molar-refractivity contribution is 0.0514. The highest BCUT2D eigenvalue weighted by Crippen LogP contribution is 2.27. The van der Waals surface area contributed by atoms with Gasteiger partial charge in [-0.3, -0.25) is 4.79 Å². The molecule has 0 unspecified atom stereocenters. The number of esters is 1. The van der Waals surface area contributed by atoms with Crippen LogP contribution in [0.25, 0.3) is 0 Å². The summed E-state index contributed by atoms with van der Waals surface area (Å²) >= 11 is 1.57. The lowest BCUT2D eigenvalue weighted by Gasteiger charge is -2.10. The molecular weight excluding hydrogens is 324 g/mol. The van der Waals surface area contributed by atoms with Gasteiger partial charge in [0, 0.05) is 17.6 Å². The maximum atomic E-state index is 12.8. The number of rotatable bonds is 5. The Hall–Kier alpha value is -2.21. The van der Waals surface area contributed by atoms with Crippen LogP contribution < -0.4 is 5.32 Å². The summed E-state index contributed by atoms with van der Waals surface area (Å²) in [6.45, 7) is 5.65. The molecule has 0 atom stereocenters. The fourth-order valence-corrected chi connectivity index (χ4v) is 3.29. The van der Waals surface area contributed by atoms with Crippen molar-refractivity contribution in [3.8, 4) is 0 Å². The lowest BCUT2D eigenvalue weighted by atomic mass is 10.1. The van der Waals surface area contributed by atoms with Crippen LogP contribution in [0.5, 0.6) is 0 Å². The van der Waals surface area contributed by atoms with Crippen LogP contribution in [-0.2, 0) is 11.8 Å². The van der Waals surface area contributed by atoms with E-state index in [-0.39, 0.29) is 5.91 Å². The third-order valence-electron chi connectivity index (χ3n) is 3.98. The topological polar surface area (TPSA) is 60.3 Å². The predicted octanol–water partition coefficient (Wildman–Crippen LogP) is 3.79. The highest BCUT2D eigenvalue weighted by Gasteiger charge is 2.25. The molecule has 24 heavy (non-hydrogen) atoms. The number of ether oxygens (including phenoxy) is 1. The van der Waals surface area contributed by atoms with Crippen LogP contribution in [0.3, 0.4) is 0 Å². The molecule has 0 fully saturated rings. The molecule has 1 heterocycles. The third kappa shape index (κ3) is 3.33. The lowest BCUT2D eigenvalue weighted by Crippen LogP contribution is -2.14. The minimum atomic E-state index is -0.413. The number of benzene rings is 1. The van der Waals surface area contributed by atoms with Crippen molar-refractivity contribution in [2.24, 2.45) is 7.05 Å². The van der Waals surface area contributed by atoms with Gasteiger partial charge in [0.2, 0.25) is 0 Å². The molecular formula is C18H22N2O3S. The average Bonchev–Trinajstić information content (AvgIpc) is 2.77. The van der Waals surface area contributed by atoms with Gasteiger partial charge in [-0.25, -0.2) is 4.79 Å². The Morgan fingerprint density at radius 1 is 1.25 bits per heavy atom. The van der Waals surface area contributed by atoms with Gasteiger partial charge in [0.1, 0.15) is 5.69 Å². The first-order valence-corrected chi connectivity index (χ1v) is 8.92. The molecule has 128 valence electrons. The molecule has 0 radical (unpaired) electrons. The number of carbonyl (C=O) groups is 2. The van der Waals surface area contributed by atoms with Gasteiger partial charge in [-0.1, -0.05) is 12.1 Å². The number of thioether (sulfide) groups is 1. The maximum absolute atomic E-state index is 12.8. The summed E-state index contributed by atoms with van der Waals surface area (Å²) in [5.74, 6) is -0.637. The van der Waals surface area contributed by atoms with E-state index in [1.807, 2.05) is 37.4 Å². The molecule has 0 saturated heterocycles. The summed E-state index contributed by atoms with van der Waals surface area (Å²) in [6.07, 6.45) is 1.96. The summed E-state index contributed by atoms with van der Waals surface area (Å²) in [6, 6.07) is 7.63. The first kappa shape index (κ1) is 18.1. The number of carbonyl (C=O) groups excluding carboxylic acids is 2. The number of hydrogen-bond donors (Lipinski definition) is 1. The summed E-state index contributed by atoms with van der Waals surface area (Å²) in [5.41, 5.74) is 3.05. The molecule has 0 aliphatic heterocycles. The standard InChI is InChI=1S/C18H22N2O3S/c1-6-23-18(22)16-11(2)15(12(3)20(16)4)17(21)19-13-9-7-8-10-14(13)24-5/h7-10H,6H2,1-5H3,(H,19,21). The molecule has 0 bridgehead atoms. The quantitative estimate of drug-likeness (QED) is 0.661. The molecule has 0 aliphatic carbocycles. The van der Waals surface area contributed by atoms with E-state index in [9.17, 15) is 9.59 Å². The van der Waals surface area contributed by atoms with Gasteiger partial charge in [0.05, 0.1) is 17.9 Å². The van der Waals surface area contributed by atoms with Crippen molar-refractivity contribution in [3.63, 3.8) is 0 Å². The number of para-hydroxylation sites is 1. The van der Waals surface area contributed by atoms with Crippen molar-refractivity contribution >= 4 is 29.3 Å². The first-order chi connectivity index (χ1) is 11.4. The Bertz CT molecular complexity index is 781. The average molecular weight is 346 g/mol. The minimum Gasteiger partial charge on any atom is -0.461 e. The van der Waals surface area contributed by atoms with E-state index < -0.39 is 5.97 Å². The third-order valence-corrected chi connectivity index (χ3v) is 4.78. The molecule has 5 nitrogen and oxygen atoms in total. The smallest absolute Gasteiger partial charge is 0.355 e. The second-order valence-electron chi connectivity index (χ2n) is 5.37. The van der Waals surface area contributed by atoms with Gasteiger partial charge in [0.15, 0.2) is 0 Å². The molecule has 2 aromatic rings. The number of amides is 1. The SMILES string of the molecule is CCOC(=O)c1c(C)c(C(=O)Nc2ccccc2SC)c(C)n1C. The second kappa shape index (κ2) is 7.57. The molecule has 1 aromatic carbocycles. The van der Waals surface area contributed by atoms with Gasteiger partial charge < -0.3 is 14.6 Å². The zero-order valence-electron chi connectivity index (χ0n) is 14.6.